The summed E-state index contributed by atoms with van der Waals surface area (Å²) in [4.78, 5) is 0. The highest BCUT2D eigenvalue weighted by Gasteiger charge is 2.39. The van der Waals surface area contributed by atoms with E-state index < -0.39 is 0 Å². The van der Waals surface area contributed by atoms with Crippen molar-refractivity contribution in [2.24, 2.45) is 23.7 Å². The highest BCUT2D eigenvalue weighted by atomic mass is 16.3. The van der Waals surface area contributed by atoms with Gasteiger partial charge in [0.2, 0.25) is 0 Å². The molecule has 16 heavy (non-hydrogen) atoms. The summed E-state index contributed by atoms with van der Waals surface area (Å²) in [5.41, 5.74) is -0.389. The summed E-state index contributed by atoms with van der Waals surface area (Å²) >= 11 is 0. The highest BCUT2D eigenvalue weighted by molar-refractivity contribution is 4.90. The first kappa shape index (κ1) is 12.4. The van der Waals surface area contributed by atoms with Crippen LogP contribution in [0.15, 0.2) is 0 Å². The second kappa shape index (κ2) is 4.68. The minimum Gasteiger partial charge on any atom is -0.390 e. The van der Waals surface area contributed by atoms with Crippen LogP contribution in [0.4, 0.5) is 0 Å². The van der Waals surface area contributed by atoms with Gasteiger partial charge in [0.15, 0.2) is 0 Å². The maximum atomic E-state index is 10.7. The number of hydrogen-bond donors (Lipinski definition) is 1. The number of rotatable bonds is 3. The van der Waals surface area contributed by atoms with Crippen LogP contribution in [0.25, 0.3) is 0 Å². The van der Waals surface area contributed by atoms with E-state index in [-0.39, 0.29) is 5.60 Å². The van der Waals surface area contributed by atoms with Crippen molar-refractivity contribution in [3.63, 3.8) is 0 Å². The lowest BCUT2D eigenvalue weighted by molar-refractivity contribution is -0.0566. The van der Waals surface area contributed by atoms with Gasteiger partial charge in [0.05, 0.1) is 5.60 Å². The molecule has 0 heterocycles. The molecule has 0 bridgehead atoms. The Morgan fingerprint density at radius 3 is 2.25 bits per heavy atom. The Hall–Kier alpha value is -0.0400. The van der Waals surface area contributed by atoms with E-state index in [9.17, 15) is 5.11 Å². The van der Waals surface area contributed by atoms with E-state index in [1.807, 2.05) is 0 Å². The SMILES string of the molecule is CC1CCC(C(C)(O)CC2CCC2)CC1C. The predicted molar refractivity (Wildman–Crippen MR) is 68.3 cm³/mol. The molecule has 1 nitrogen and oxygen atoms in total. The summed E-state index contributed by atoms with van der Waals surface area (Å²) in [6.45, 7) is 6.82. The van der Waals surface area contributed by atoms with Gasteiger partial charge in [0.1, 0.15) is 0 Å². The molecular weight excluding hydrogens is 196 g/mol. The van der Waals surface area contributed by atoms with E-state index in [4.69, 9.17) is 0 Å². The van der Waals surface area contributed by atoms with E-state index in [0.717, 1.165) is 24.2 Å². The number of aliphatic hydroxyl groups is 1. The summed E-state index contributed by atoms with van der Waals surface area (Å²) in [5, 5.41) is 10.7. The van der Waals surface area contributed by atoms with Gasteiger partial charge in [-0.1, -0.05) is 39.5 Å². The first-order valence-electron chi connectivity index (χ1n) is 7.21. The minimum atomic E-state index is -0.389. The van der Waals surface area contributed by atoms with Crippen molar-refractivity contribution in [1.29, 1.82) is 0 Å². The number of hydrogen-bond acceptors (Lipinski definition) is 1. The van der Waals surface area contributed by atoms with Crippen molar-refractivity contribution in [3.8, 4) is 0 Å². The van der Waals surface area contributed by atoms with Crippen LogP contribution < -0.4 is 0 Å². The van der Waals surface area contributed by atoms with Crippen LogP contribution in [-0.2, 0) is 0 Å². The van der Waals surface area contributed by atoms with E-state index in [2.05, 4.69) is 20.8 Å². The van der Waals surface area contributed by atoms with Crippen LogP contribution in [0, 0.1) is 23.7 Å². The van der Waals surface area contributed by atoms with Gasteiger partial charge < -0.3 is 5.11 Å². The summed E-state index contributed by atoms with van der Waals surface area (Å²) in [5.74, 6) is 3.03. The zero-order valence-electron chi connectivity index (χ0n) is 11.2. The molecule has 0 saturated heterocycles. The van der Waals surface area contributed by atoms with Gasteiger partial charge >= 0.3 is 0 Å². The molecular formula is C15H28O. The maximum absolute atomic E-state index is 10.7. The third-order valence-corrected chi connectivity index (χ3v) is 5.40. The maximum Gasteiger partial charge on any atom is 0.0650 e. The molecule has 2 rings (SSSR count). The molecule has 4 unspecified atom stereocenters. The minimum absolute atomic E-state index is 0.389. The molecule has 2 aliphatic carbocycles. The fourth-order valence-corrected chi connectivity index (χ4v) is 3.56. The Morgan fingerprint density at radius 1 is 1.06 bits per heavy atom. The van der Waals surface area contributed by atoms with Gasteiger partial charge in [-0.3, -0.25) is 0 Å². The van der Waals surface area contributed by atoms with Crippen molar-refractivity contribution < 1.29 is 5.11 Å². The van der Waals surface area contributed by atoms with E-state index in [0.29, 0.717) is 5.92 Å². The molecule has 1 heteroatoms. The van der Waals surface area contributed by atoms with Crippen LogP contribution in [0.3, 0.4) is 0 Å². The molecule has 1 N–H and O–H groups in total. The van der Waals surface area contributed by atoms with E-state index in [1.165, 1.54) is 38.5 Å². The fraction of sp³-hybridized carbons (Fsp3) is 1.00. The Labute approximate surface area is 101 Å². The predicted octanol–water partition coefficient (Wildman–Crippen LogP) is 4.00. The summed E-state index contributed by atoms with van der Waals surface area (Å²) < 4.78 is 0. The largest absolute Gasteiger partial charge is 0.390 e. The van der Waals surface area contributed by atoms with Crippen molar-refractivity contribution in [1.82, 2.24) is 0 Å². The average Bonchev–Trinajstić information content (AvgIpc) is 2.16. The van der Waals surface area contributed by atoms with Crippen molar-refractivity contribution in [2.75, 3.05) is 0 Å². The van der Waals surface area contributed by atoms with Crippen molar-refractivity contribution in [3.05, 3.63) is 0 Å². The van der Waals surface area contributed by atoms with Gasteiger partial charge in [0, 0.05) is 0 Å². The first-order chi connectivity index (χ1) is 7.49. The van der Waals surface area contributed by atoms with Crippen molar-refractivity contribution in [2.45, 2.75) is 71.3 Å². The molecule has 0 aromatic rings. The Bertz CT molecular complexity index is 230. The molecule has 0 spiro atoms. The zero-order chi connectivity index (χ0) is 11.8. The van der Waals surface area contributed by atoms with Crippen LogP contribution in [0.5, 0.6) is 0 Å². The molecule has 94 valence electrons. The fourth-order valence-electron chi connectivity index (χ4n) is 3.56. The van der Waals surface area contributed by atoms with Gasteiger partial charge in [0.25, 0.3) is 0 Å². The summed E-state index contributed by atoms with van der Waals surface area (Å²) in [6, 6.07) is 0. The Morgan fingerprint density at radius 2 is 1.75 bits per heavy atom. The van der Waals surface area contributed by atoms with Gasteiger partial charge in [-0.25, -0.2) is 0 Å². The summed E-state index contributed by atoms with van der Waals surface area (Å²) in [7, 11) is 0. The van der Waals surface area contributed by atoms with E-state index in [1.54, 1.807) is 0 Å². The van der Waals surface area contributed by atoms with E-state index >= 15 is 0 Å². The molecule has 0 aliphatic heterocycles. The van der Waals surface area contributed by atoms with Gasteiger partial charge in [-0.2, -0.15) is 0 Å². The first-order valence-corrected chi connectivity index (χ1v) is 7.21. The lowest BCUT2D eigenvalue weighted by atomic mass is 9.66. The lowest BCUT2D eigenvalue weighted by Crippen LogP contribution is -2.41. The smallest absolute Gasteiger partial charge is 0.0650 e. The van der Waals surface area contributed by atoms with Crippen LogP contribution in [0.2, 0.25) is 0 Å². The third-order valence-electron chi connectivity index (χ3n) is 5.40. The Balaban J connectivity index is 1.89. The highest BCUT2D eigenvalue weighted by Crippen LogP contribution is 2.43. The normalized spacial score (nSPS) is 40.1. The van der Waals surface area contributed by atoms with Crippen LogP contribution in [-0.4, -0.2) is 10.7 Å². The zero-order valence-corrected chi connectivity index (χ0v) is 11.2. The molecule has 0 aromatic heterocycles. The molecule has 2 saturated carbocycles. The lowest BCUT2D eigenvalue weighted by Gasteiger charge is -2.43. The van der Waals surface area contributed by atoms with Gasteiger partial charge in [-0.05, 0) is 49.9 Å². The average molecular weight is 224 g/mol. The quantitative estimate of drug-likeness (QED) is 0.768. The second-order valence-electron chi connectivity index (χ2n) is 6.82. The summed E-state index contributed by atoms with van der Waals surface area (Å²) in [6.07, 6.45) is 8.94. The third kappa shape index (κ3) is 2.61. The molecule has 0 aromatic carbocycles. The molecule has 2 aliphatic rings. The molecule has 0 radical (unpaired) electrons. The molecule has 0 amide bonds. The Kier molecular flexibility index (Phi) is 3.63. The molecule has 4 atom stereocenters. The van der Waals surface area contributed by atoms with Crippen molar-refractivity contribution >= 4 is 0 Å². The monoisotopic (exact) mass is 224 g/mol. The van der Waals surface area contributed by atoms with Crippen LogP contribution in [0.1, 0.15) is 65.7 Å². The molecule has 2 fully saturated rings. The van der Waals surface area contributed by atoms with Gasteiger partial charge in [-0.15, -0.1) is 0 Å². The van der Waals surface area contributed by atoms with Crippen LogP contribution >= 0.6 is 0 Å². The standard InChI is InChI=1S/C15H28O/c1-11-7-8-14(9-12(11)2)15(3,16)10-13-5-4-6-13/h11-14,16H,4-10H2,1-3H3. The topological polar surface area (TPSA) is 20.2 Å². The second-order valence-corrected chi connectivity index (χ2v) is 6.82.